The number of hydrogen-bond donors (Lipinski definition) is 2. The van der Waals surface area contributed by atoms with Crippen LogP contribution in [0.4, 0.5) is 17.6 Å². The fourth-order valence-corrected chi connectivity index (χ4v) is 6.96. The number of rotatable bonds is 8. The van der Waals surface area contributed by atoms with Crippen molar-refractivity contribution < 1.29 is 17.6 Å². The third-order valence-electron chi connectivity index (χ3n) is 9.53. The third-order valence-corrected chi connectivity index (χ3v) is 9.53. The molecule has 0 saturated heterocycles. The lowest BCUT2D eigenvalue weighted by atomic mass is 9.98. The first kappa shape index (κ1) is 31.8. The van der Waals surface area contributed by atoms with E-state index >= 15 is 8.78 Å². The Balaban J connectivity index is 1.82. The second kappa shape index (κ2) is 12.5. The number of allylic oxidation sites excluding steroid dienone is 2. The van der Waals surface area contributed by atoms with Crippen LogP contribution in [0, 0.1) is 30.2 Å². The molecule has 0 spiro atoms. The Morgan fingerprint density at radius 2 is 1.04 bits per heavy atom. The molecule has 3 aromatic heterocycles. The highest BCUT2D eigenvalue weighted by molar-refractivity contribution is 5.94. The van der Waals surface area contributed by atoms with Gasteiger partial charge in [0.1, 0.15) is 0 Å². The number of nitrogens with zero attached hydrogens (tertiary/aromatic N) is 2. The molecule has 6 rings (SSSR count). The molecule has 46 heavy (non-hydrogen) atoms. The van der Waals surface area contributed by atoms with Gasteiger partial charge in [0.25, 0.3) is 0 Å². The number of hydrogen-bond acceptors (Lipinski definition) is 2. The zero-order chi connectivity index (χ0) is 32.9. The Hall–Kier alpha value is -4.20. The zero-order valence-corrected chi connectivity index (χ0v) is 27.4. The number of unbranched alkanes of at least 4 members (excludes halogenated alkanes) is 2. The second-order valence-electron chi connectivity index (χ2n) is 12.3. The number of aryl methyl sites for hydroxylation is 4. The highest BCUT2D eigenvalue weighted by atomic mass is 19.2. The molecule has 0 atom stereocenters. The molecule has 0 unspecified atom stereocenters. The summed E-state index contributed by atoms with van der Waals surface area (Å²) in [5, 5.41) is 0. The van der Waals surface area contributed by atoms with Crippen LogP contribution < -0.4 is 0 Å². The van der Waals surface area contributed by atoms with E-state index in [2.05, 4.69) is 54.8 Å². The van der Waals surface area contributed by atoms with E-state index in [0.29, 0.717) is 11.2 Å². The van der Waals surface area contributed by atoms with Crippen molar-refractivity contribution in [2.75, 3.05) is 0 Å². The van der Waals surface area contributed by atoms with E-state index in [1.165, 1.54) is 11.1 Å². The molecule has 5 heterocycles. The summed E-state index contributed by atoms with van der Waals surface area (Å²) in [7, 11) is 0. The van der Waals surface area contributed by atoms with Crippen molar-refractivity contribution in [1.82, 2.24) is 19.9 Å². The third kappa shape index (κ3) is 5.16. The van der Waals surface area contributed by atoms with Crippen LogP contribution in [-0.2, 0) is 19.3 Å². The van der Waals surface area contributed by atoms with Crippen molar-refractivity contribution in [3.05, 3.63) is 81.2 Å². The lowest BCUT2D eigenvalue weighted by molar-refractivity contribution is 0.413. The summed E-state index contributed by atoms with van der Waals surface area (Å²) >= 11 is 0. The first-order valence-corrected chi connectivity index (χ1v) is 16.5. The predicted molar refractivity (Wildman–Crippen MR) is 179 cm³/mol. The molecule has 4 nitrogen and oxygen atoms in total. The second-order valence-corrected chi connectivity index (χ2v) is 12.3. The van der Waals surface area contributed by atoms with Gasteiger partial charge in [-0.25, -0.2) is 27.5 Å². The molecule has 2 aliphatic rings. The maximum atomic E-state index is 15.5. The van der Waals surface area contributed by atoms with Gasteiger partial charge in [-0.2, -0.15) is 0 Å². The summed E-state index contributed by atoms with van der Waals surface area (Å²) in [6.07, 6.45) is 7.20. The molecule has 4 aromatic rings. The van der Waals surface area contributed by atoms with E-state index in [-0.39, 0.29) is 11.4 Å². The van der Waals surface area contributed by atoms with Gasteiger partial charge in [0.15, 0.2) is 23.3 Å². The number of aromatic amines is 2. The Morgan fingerprint density at radius 3 is 1.65 bits per heavy atom. The van der Waals surface area contributed by atoms with E-state index in [1.54, 1.807) is 12.1 Å². The largest absolute Gasteiger partial charge is 0.355 e. The van der Waals surface area contributed by atoms with Crippen molar-refractivity contribution in [3.8, 4) is 22.5 Å². The zero-order valence-electron chi connectivity index (χ0n) is 27.4. The number of aromatic nitrogens is 4. The molecular weight excluding hydrogens is 588 g/mol. The van der Waals surface area contributed by atoms with E-state index < -0.39 is 34.4 Å². The number of benzene rings is 1. The molecule has 0 radical (unpaired) electrons. The van der Waals surface area contributed by atoms with Crippen LogP contribution in [-0.4, -0.2) is 19.9 Å². The van der Waals surface area contributed by atoms with Gasteiger partial charge < -0.3 is 9.97 Å². The summed E-state index contributed by atoms with van der Waals surface area (Å²) in [6, 6.07) is 7.40. The maximum Gasteiger partial charge on any atom is 0.198 e. The molecule has 2 aliphatic heterocycles. The molecule has 0 amide bonds. The fourth-order valence-electron chi connectivity index (χ4n) is 6.96. The van der Waals surface area contributed by atoms with Gasteiger partial charge >= 0.3 is 0 Å². The molecule has 1 aromatic carbocycles. The predicted octanol–water partition coefficient (Wildman–Crippen LogP) is 11.1. The van der Waals surface area contributed by atoms with E-state index in [1.807, 2.05) is 13.8 Å². The van der Waals surface area contributed by atoms with Gasteiger partial charge in [0.05, 0.1) is 33.9 Å². The Kier molecular flexibility index (Phi) is 8.66. The first-order chi connectivity index (χ1) is 22.1. The number of H-pyrrole nitrogens is 2. The molecule has 8 bridgehead atoms. The van der Waals surface area contributed by atoms with Crippen molar-refractivity contribution >= 4 is 33.2 Å². The number of halogens is 4. The molecule has 0 saturated carbocycles. The van der Waals surface area contributed by atoms with Crippen LogP contribution in [0.2, 0.25) is 0 Å². The monoisotopic (exact) mass is 628 g/mol. The summed E-state index contributed by atoms with van der Waals surface area (Å²) in [4.78, 5) is 16.8. The highest BCUT2D eigenvalue weighted by Gasteiger charge is 2.32. The van der Waals surface area contributed by atoms with E-state index in [4.69, 9.17) is 4.98 Å². The Labute approximate surface area is 267 Å². The lowest BCUT2D eigenvalue weighted by Gasteiger charge is -2.06. The SMILES string of the molecule is CCCCC1=C(C)c2cc3nc(cc4[nH]c(cc5[nH]c(cc1n2)c(CC)c5CC)c(CCCC)c4C)-c1c(F)c(F)c(F)c(F)c1-3. The molecule has 0 fully saturated rings. The minimum atomic E-state index is -1.86. The standard InChI is InChI=1S/C38H40F4N4/c1-7-11-13-23-19(5)25-15-31-33-34(36(40)38(42)37(41)35(33)39)32(46-31)16-26-20(6)24(14-12-8-2)30(44-26)18-28-22(10-4)21(9-3)27(45-28)17-29(23)43-25/h15-18,43,45H,7-14H2,1-6H3. The lowest BCUT2D eigenvalue weighted by Crippen LogP contribution is -2.00. The molecule has 240 valence electrons. The summed E-state index contributed by atoms with van der Waals surface area (Å²) in [5.74, 6) is -6.64. The maximum absolute atomic E-state index is 15.5. The average Bonchev–Trinajstić information content (AvgIpc) is 3.74. The van der Waals surface area contributed by atoms with Gasteiger partial charge in [-0.1, -0.05) is 40.5 Å². The average molecular weight is 629 g/mol. The topological polar surface area (TPSA) is 57.4 Å². The number of nitrogens with one attached hydrogen (secondary N) is 2. The van der Waals surface area contributed by atoms with Crippen LogP contribution in [0.25, 0.3) is 55.7 Å². The van der Waals surface area contributed by atoms with Crippen molar-refractivity contribution in [3.63, 3.8) is 0 Å². The molecule has 2 N–H and O–H groups in total. The van der Waals surface area contributed by atoms with E-state index in [9.17, 15) is 8.78 Å². The van der Waals surface area contributed by atoms with Crippen LogP contribution in [0.3, 0.4) is 0 Å². The van der Waals surface area contributed by atoms with Gasteiger partial charge in [-0.3, -0.25) is 0 Å². The van der Waals surface area contributed by atoms with Gasteiger partial charge in [0, 0.05) is 22.1 Å². The first-order valence-electron chi connectivity index (χ1n) is 16.5. The minimum Gasteiger partial charge on any atom is -0.355 e. The molecule has 0 aliphatic carbocycles. The minimum absolute atomic E-state index is 0.00436. The smallest absolute Gasteiger partial charge is 0.198 e. The normalized spacial score (nSPS) is 12.7. The van der Waals surface area contributed by atoms with Crippen molar-refractivity contribution in [2.45, 2.75) is 92.9 Å². The van der Waals surface area contributed by atoms with Crippen LogP contribution in [0.15, 0.2) is 24.3 Å². The van der Waals surface area contributed by atoms with Crippen molar-refractivity contribution in [1.29, 1.82) is 0 Å². The van der Waals surface area contributed by atoms with Crippen LogP contribution >= 0.6 is 0 Å². The fraction of sp³-hybridized carbons (Fsp3) is 0.368. The molecule has 8 heteroatoms. The summed E-state index contributed by atoms with van der Waals surface area (Å²) < 4.78 is 60.4. The van der Waals surface area contributed by atoms with Gasteiger partial charge in [-0.05, 0) is 110 Å². The van der Waals surface area contributed by atoms with Crippen LogP contribution in [0.1, 0.15) is 100 Å². The quantitative estimate of drug-likeness (QED) is 0.102. The summed E-state index contributed by atoms with van der Waals surface area (Å²) in [6.45, 7) is 12.5. The van der Waals surface area contributed by atoms with Gasteiger partial charge in [-0.15, -0.1) is 0 Å². The number of fused-ring (bicyclic) bond motifs is 11. The van der Waals surface area contributed by atoms with E-state index in [0.717, 1.165) is 95.9 Å². The Bertz CT molecular complexity index is 2070. The van der Waals surface area contributed by atoms with Gasteiger partial charge in [0.2, 0.25) is 0 Å². The highest BCUT2D eigenvalue weighted by Crippen LogP contribution is 2.43. The van der Waals surface area contributed by atoms with Crippen molar-refractivity contribution in [2.24, 2.45) is 0 Å². The van der Waals surface area contributed by atoms with Crippen LogP contribution in [0.5, 0.6) is 0 Å². The Morgan fingerprint density at radius 1 is 0.543 bits per heavy atom. The summed E-state index contributed by atoms with van der Waals surface area (Å²) in [5.41, 5.74) is 10.6. The molecular formula is C38H40F4N4.